The number of nitrogens with zero attached hydrogens (tertiary/aromatic N) is 1. The highest BCUT2D eigenvalue weighted by atomic mass is 19.1. The maximum atomic E-state index is 13.6. The Bertz CT molecular complexity index is 325. The number of nitrogen functional groups attached to an aromatic ring is 1. The van der Waals surface area contributed by atoms with Gasteiger partial charge in [-0.05, 0) is 31.5 Å². The van der Waals surface area contributed by atoms with Crippen molar-refractivity contribution in [2.45, 2.75) is 32.7 Å². The van der Waals surface area contributed by atoms with E-state index in [2.05, 4.69) is 13.8 Å². The third-order valence-corrected chi connectivity index (χ3v) is 2.72. The van der Waals surface area contributed by atoms with Crippen molar-refractivity contribution in [3.05, 3.63) is 24.0 Å². The van der Waals surface area contributed by atoms with Crippen molar-refractivity contribution >= 4 is 11.4 Å². The molecule has 2 nitrogen and oxygen atoms in total. The summed E-state index contributed by atoms with van der Waals surface area (Å²) in [6.45, 7) is 4.23. The van der Waals surface area contributed by atoms with Gasteiger partial charge in [0.1, 0.15) is 5.82 Å². The van der Waals surface area contributed by atoms with Gasteiger partial charge in [-0.25, -0.2) is 4.39 Å². The second-order valence-corrected chi connectivity index (χ2v) is 3.96. The van der Waals surface area contributed by atoms with Crippen molar-refractivity contribution in [3.8, 4) is 0 Å². The summed E-state index contributed by atoms with van der Waals surface area (Å²) >= 11 is 0. The van der Waals surface area contributed by atoms with Gasteiger partial charge in [-0.2, -0.15) is 0 Å². The number of anilines is 2. The fourth-order valence-electron chi connectivity index (χ4n) is 1.66. The molecule has 0 fully saturated rings. The number of benzene rings is 1. The maximum Gasteiger partial charge on any atom is 0.148 e. The largest absolute Gasteiger partial charge is 0.399 e. The van der Waals surface area contributed by atoms with Gasteiger partial charge in [0.2, 0.25) is 0 Å². The van der Waals surface area contributed by atoms with Crippen LogP contribution in [0.5, 0.6) is 0 Å². The van der Waals surface area contributed by atoms with E-state index in [9.17, 15) is 4.39 Å². The fraction of sp³-hybridized carbons (Fsp3) is 0.500. The predicted molar refractivity (Wildman–Crippen MR) is 63.6 cm³/mol. The molecule has 0 radical (unpaired) electrons. The number of nitrogens with two attached hydrogens (primary N) is 1. The molecule has 0 heterocycles. The van der Waals surface area contributed by atoms with Gasteiger partial charge in [0.05, 0.1) is 5.69 Å². The molecule has 1 aromatic rings. The molecular formula is C12H19FN2. The van der Waals surface area contributed by atoms with Gasteiger partial charge in [-0.3, -0.25) is 0 Å². The van der Waals surface area contributed by atoms with Crippen LogP contribution in [-0.4, -0.2) is 13.1 Å². The van der Waals surface area contributed by atoms with Crippen LogP contribution in [0, 0.1) is 5.82 Å². The molecule has 1 atom stereocenters. The Morgan fingerprint density at radius 2 is 2.13 bits per heavy atom. The van der Waals surface area contributed by atoms with Crippen LogP contribution in [0.15, 0.2) is 18.2 Å². The minimum Gasteiger partial charge on any atom is -0.399 e. The van der Waals surface area contributed by atoms with Crippen molar-refractivity contribution in [1.29, 1.82) is 0 Å². The van der Waals surface area contributed by atoms with E-state index in [0.717, 1.165) is 12.8 Å². The SMILES string of the molecule is CCCC(C)N(C)c1ccc(N)cc1F. The summed E-state index contributed by atoms with van der Waals surface area (Å²) in [5.74, 6) is -0.250. The molecule has 0 saturated heterocycles. The molecule has 0 aliphatic carbocycles. The zero-order valence-electron chi connectivity index (χ0n) is 9.63. The summed E-state index contributed by atoms with van der Waals surface area (Å²) in [4.78, 5) is 1.96. The van der Waals surface area contributed by atoms with Gasteiger partial charge < -0.3 is 10.6 Å². The molecule has 1 aromatic carbocycles. The Morgan fingerprint density at radius 1 is 1.47 bits per heavy atom. The first-order chi connectivity index (χ1) is 7.06. The highest BCUT2D eigenvalue weighted by Gasteiger charge is 2.12. The average Bonchev–Trinajstić information content (AvgIpc) is 2.17. The standard InChI is InChI=1S/C12H19FN2/c1-4-5-9(2)15(3)12-7-6-10(14)8-11(12)13/h6-9H,4-5,14H2,1-3H3. The van der Waals surface area contributed by atoms with Crippen molar-refractivity contribution in [3.63, 3.8) is 0 Å². The minimum absolute atomic E-state index is 0.250. The van der Waals surface area contributed by atoms with Crippen LogP contribution in [0.3, 0.4) is 0 Å². The molecule has 15 heavy (non-hydrogen) atoms. The van der Waals surface area contributed by atoms with Gasteiger partial charge in [0.25, 0.3) is 0 Å². The minimum atomic E-state index is -0.250. The molecule has 0 saturated carbocycles. The lowest BCUT2D eigenvalue weighted by molar-refractivity contribution is 0.582. The van der Waals surface area contributed by atoms with Crippen LogP contribution >= 0.6 is 0 Å². The van der Waals surface area contributed by atoms with E-state index in [1.165, 1.54) is 6.07 Å². The average molecular weight is 210 g/mol. The Balaban J connectivity index is 2.86. The first-order valence-corrected chi connectivity index (χ1v) is 5.34. The summed E-state index contributed by atoms with van der Waals surface area (Å²) in [7, 11) is 1.91. The van der Waals surface area contributed by atoms with Crippen molar-refractivity contribution in [2.24, 2.45) is 0 Å². The molecule has 0 amide bonds. The molecule has 0 aliphatic heterocycles. The molecule has 1 unspecified atom stereocenters. The van der Waals surface area contributed by atoms with Crippen molar-refractivity contribution in [2.75, 3.05) is 17.7 Å². The lowest BCUT2D eigenvalue weighted by Crippen LogP contribution is -2.29. The molecule has 3 heteroatoms. The van der Waals surface area contributed by atoms with E-state index >= 15 is 0 Å². The smallest absolute Gasteiger partial charge is 0.148 e. The van der Waals surface area contributed by atoms with Crippen molar-refractivity contribution < 1.29 is 4.39 Å². The van der Waals surface area contributed by atoms with Gasteiger partial charge in [0, 0.05) is 18.8 Å². The Morgan fingerprint density at radius 3 is 2.67 bits per heavy atom. The van der Waals surface area contributed by atoms with Gasteiger partial charge >= 0.3 is 0 Å². The molecule has 0 aromatic heterocycles. The third-order valence-electron chi connectivity index (χ3n) is 2.72. The van der Waals surface area contributed by atoms with Crippen LogP contribution in [0.2, 0.25) is 0 Å². The van der Waals surface area contributed by atoms with Crippen molar-refractivity contribution in [1.82, 2.24) is 0 Å². The first kappa shape index (κ1) is 11.8. The maximum absolute atomic E-state index is 13.6. The van der Waals surface area contributed by atoms with E-state index in [0.29, 0.717) is 17.4 Å². The summed E-state index contributed by atoms with van der Waals surface area (Å²) in [5, 5.41) is 0. The Hall–Kier alpha value is -1.25. The van der Waals surface area contributed by atoms with Gasteiger partial charge in [0.15, 0.2) is 0 Å². The summed E-state index contributed by atoms with van der Waals surface area (Å²) in [5.41, 5.74) is 6.59. The van der Waals surface area contributed by atoms with Crippen LogP contribution in [0.4, 0.5) is 15.8 Å². The van der Waals surface area contributed by atoms with E-state index in [4.69, 9.17) is 5.73 Å². The molecule has 84 valence electrons. The van der Waals surface area contributed by atoms with Crippen LogP contribution < -0.4 is 10.6 Å². The fourth-order valence-corrected chi connectivity index (χ4v) is 1.66. The summed E-state index contributed by atoms with van der Waals surface area (Å²) in [6, 6.07) is 5.17. The lowest BCUT2D eigenvalue weighted by atomic mass is 10.1. The zero-order chi connectivity index (χ0) is 11.4. The lowest BCUT2D eigenvalue weighted by Gasteiger charge is -2.27. The third kappa shape index (κ3) is 2.85. The van der Waals surface area contributed by atoms with Gasteiger partial charge in [-0.1, -0.05) is 13.3 Å². The Labute approximate surface area is 90.9 Å². The zero-order valence-corrected chi connectivity index (χ0v) is 9.63. The van der Waals surface area contributed by atoms with E-state index in [1.54, 1.807) is 12.1 Å². The predicted octanol–water partition coefficient (Wildman–Crippen LogP) is 3.03. The molecule has 0 bridgehead atoms. The normalized spacial score (nSPS) is 12.5. The number of halogens is 1. The topological polar surface area (TPSA) is 29.3 Å². The molecule has 0 aliphatic rings. The van der Waals surface area contributed by atoms with Crippen LogP contribution in [0.1, 0.15) is 26.7 Å². The van der Waals surface area contributed by atoms with E-state index in [-0.39, 0.29) is 5.82 Å². The second kappa shape index (κ2) is 5.01. The molecule has 0 spiro atoms. The summed E-state index contributed by atoms with van der Waals surface area (Å²) in [6.07, 6.45) is 2.16. The molecule has 2 N–H and O–H groups in total. The Kier molecular flexibility index (Phi) is 3.95. The molecular weight excluding hydrogens is 191 g/mol. The van der Waals surface area contributed by atoms with Gasteiger partial charge in [-0.15, -0.1) is 0 Å². The highest BCUT2D eigenvalue weighted by molar-refractivity contribution is 5.54. The second-order valence-electron chi connectivity index (χ2n) is 3.96. The van der Waals surface area contributed by atoms with E-state index in [1.807, 2.05) is 11.9 Å². The number of hydrogen-bond acceptors (Lipinski definition) is 2. The number of rotatable bonds is 4. The first-order valence-electron chi connectivity index (χ1n) is 5.34. The highest BCUT2D eigenvalue weighted by Crippen LogP contribution is 2.23. The summed E-state index contributed by atoms with van der Waals surface area (Å²) < 4.78 is 13.6. The van der Waals surface area contributed by atoms with Crippen LogP contribution in [0.25, 0.3) is 0 Å². The quantitative estimate of drug-likeness (QED) is 0.774. The molecule has 1 rings (SSSR count). The van der Waals surface area contributed by atoms with E-state index < -0.39 is 0 Å². The number of hydrogen-bond donors (Lipinski definition) is 1. The van der Waals surface area contributed by atoms with Crippen LogP contribution in [-0.2, 0) is 0 Å². The monoisotopic (exact) mass is 210 g/mol.